The Morgan fingerprint density at radius 1 is 0.382 bits per heavy atom. The summed E-state index contributed by atoms with van der Waals surface area (Å²) in [4.78, 5) is 15.7. The third-order valence-electron chi connectivity index (χ3n) is 13.0. The van der Waals surface area contributed by atoms with Gasteiger partial charge in [0, 0.05) is 72.0 Å². The molecule has 0 unspecified atom stereocenters. The van der Waals surface area contributed by atoms with Crippen molar-refractivity contribution in [2.24, 2.45) is 0 Å². The molecule has 0 aliphatic rings. The first kappa shape index (κ1) is 39.5. The van der Waals surface area contributed by atoms with E-state index in [9.17, 15) is 0 Å². The molecule has 0 bridgehead atoms. The van der Waals surface area contributed by atoms with Crippen LogP contribution in [0.3, 0.4) is 0 Å². The summed E-state index contributed by atoms with van der Waals surface area (Å²) in [6.07, 6.45) is 2.19. The van der Waals surface area contributed by atoms with Crippen LogP contribution < -0.4 is 4.57 Å². The quantitative estimate of drug-likeness (QED) is 0.143. The van der Waals surface area contributed by atoms with E-state index >= 15 is 0 Å². The molecule has 9 aromatic carbocycles. The highest BCUT2D eigenvalue weighted by atomic mass is 32.1. The first-order chi connectivity index (χ1) is 33.7. The van der Waals surface area contributed by atoms with Crippen molar-refractivity contribution in [1.82, 2.24) is 19.5 Å². The minimum atomic E-state index is 0.574. The summed E-state index contributed by atoms with van der Waals surface area (Å²) in [7, 11) is 0. The van der Waals surface area contributed by atoms with Gasteiger partial charge in [-0.1, -0.05) is 182 Å². The molecular weight excluding hydrogens is 847 g/mol. The fourth-order valence-electron chi connectivity index (χ4n) is 9.84. The van der Waals surface area contributed by atoms with Crippen molar-refractivity contribution < 1.29 is 4.57 Å². The Kier molecular flexibility index (Phi) is 9.62. The maximum atomic E-state index is 5.33. The first-order valence-corrected chi connectivity index (χ1v) is 23.7. The van der Waals surface area contributed by atoms with Crippen molar-refractivity contribution in [3.05, 3.63) is 243 Å². The summed E-state index contributed by atoms with van der Waals surface area (Å²) in [5.74, 6) is 1.80. The number of thiophene rings is 1. The topological polar surface area (TPSA) is 47.5 Å². The van der Waals surface area contributed by atoms with Gasteiger partial charge < -0.3 is 4.57 Å². The molecule has 5 nitrogen and oxygen atoms in total. The third kappa shape index (κ3) is 6.77. The Morgan fingerprint density at radius 2 is 0.926 bits per heavy atom. The van der Waals surface area contributed by atoms with Gasteiger partial charge in [0.25, 0.3) is 5.69 Å². The maximum Gasteiger partial charge on any atom is 0.256 e. The molecule has 0 radical (unpaired) electrons. The van der Waals surface area contributed by atoms with Gasteiger partial charge in [0.2, 0.25) is 11.5 Å². The van der Waals surface area contributed by atoms with E-state index in [1.54, 1.807) is 0 Å². The second-order valence-corrected chi connectivity index (χ2v) is 18.0. The second kappa shape index (κ2) is 16.5. The van der Waals surface area contributed by atoms with Crippen molar-refractivity contribution >= 4 is 53.3 Å². The van der Waals surface area contributed by atoms with Gasteiger partial charge in [-0.3, -0.25) is 0 Å². The van der Waals surface area contributed by atoms with Crippen LogP contribution in [-0.2, 0) is 0 Å². The number of fused-ring (bicyclic) bond motifs is 7. The lowest BCUT2D eigenvalue weighted by Gasteiger charge is -2.17. The molecule has 13 aromatic rings. The summed E-state index contributed by atoms with van der Waals surface area (Å²) in [6.45, 7) is 0. The van der Waals surface area contributed by atoms with E-state index in [1.165, 1.54) is 42.0 Å². The number of aromatic nitrogens is 5. The Hall–Kier alpha value is -8.84. The van der Waals surface area contributed by atoms with Crippen LogP contribution in [0.15, 0.2) is 243 Å². The molecule has 0 saturated carbocycles. The summed E-state index contributed by atoms with van der Waals surface area (Å²) in [6, 6.07) is 83.8. The van der Waals surface area contributed by atoms with Crippen LogP contribution >= 0.6 is 11.3 Å². The molecule has 0 aliphatic heterocycles. The minimum Gasteiger partial charge on any atom is -0.309 e. The molecule has 0 N–H and O–H groups in total. The number of benzene rings is 9. The van der Waals surface area contributed by atoms with E-state index in [2.05, 4.69) is 216 Å². The molecule has 318 valence electrons. The number of hydrogen-bond acceptors (Lipinski definition) is 4. The fourth-order valence-corrected chi connectivity index (χ4v) is 11.1. The predicted molar refractivity (Wildman–Crippen MR) is 281 cm³/mol. The van der Waals surface area contributed by atoms with E-state index in [1.807, 2.05) is 47.7 Å². The van der Waals surface area contributed by atoms with Gasteiger partial charge in [0.15, 0.2) is 17.8 Å². The first-order valence-electron chi connectivity index (χ1n) is 22.8. The van der Waals surface area contributed by atoms with E-state index in [0.717, 1.165) is 61.6 Å². The van der Waals surface area contributed by atoms with Crippen LogP contribution in [0.4, 0.5) is 0 Å². The van der Waals surface area contributed by atoms with E-state index in [4.69, 9.17) is 15.0 Å². The van der Waals surface area contributed by atoms with Gasteiger partial charge >= 0.3 is 0 Å². The van der Waals surface area contributed by atoms with Crippen molar-refractivity contribution in [2.45, 2.75) is 0 Å². The summed E-state index contributed by atoms with van der Waals surface area (Å²) in [5, 5.41) is 5.01. The molecule has 4 aromatic heterocycles. The lowest BCUT2D eigenvalue weighted by atomic mass is 9.87. The van der Waals surface area contributed by atoms with Crippen molar-refractivity contribution in [3.63, 3.8) is 0 Å². The number of hydrogen-bond donors (Lipinski definition) is 0. The maximum absolute atomic E-state index is 5.33. The zero-order chi connectivity index (χ0) is 45.0. The van der Waals surface area contributed by atoms with Crippen molar-refractivity contribution in [1.29, 1.82) is 0 Å². The molecule has 0 fully saturated rings. The fraction of sp³-hybridized carbons (Fsp3) is 0. The molecule has 6 heteroatoms. The number of rotatable bonds is 8. The highest BCUT2D eigenvalue weighted by Crippen LogP contribution is 2.45. The lowest BCUT2D eigenvalue weighted by Crippen LogP contribution is -2.33. The monoisotopic (exact) mass is 886 g/mol. The van der Waals surface area contributed by atoms with Crippen molar-refractivity contribution in [3.8, 4) is 79.0 Å². The lowest BCUT2D eigenvalue weighted by molar-refractivity contribution is -0.584. The second-order valence-electron chi connectivity index (χ2n) is 17.0. The minimum absolute atomic E-state index is 0.574. The molecule has 0 spiro atoms. The Morgan fingerprint density at radius 3 is 1.56 bits per heavy atom. The van der Waals surface area contributed by atoms with Crippen molar-refractivity contribution in [2.75, 3.05) is 0 Å². The number of para-hydroxylation sites is 2. The predicted octanol–water partition coefficient (Wildman–Crippen LogP) is 15.6. The SMILES string of the molecule is c1ccc(-c2nc(-c3ccccc3)nc(-c3cc(-c4c(-c5ccccc5)cccc4-c4ccccc4)cc[n+]3-c3ccc4c(c3)sc3c4ccc4c3c3ccccc3n4-c3ccccc3)n2)cc1. The molecule has 4 heterocycles. The van der Waals surface area contributed by atoms with E-state index in [-0.39, 0.29) is 0 Å². The van der Waals surface area contributed by atoms with E-state index in [0.29, 0.717) is 17.5 Å². The van der Waals surface area contributed by atoms with Gasteiger partial charge in [-0.05, 0) is 63.7 Å². The van der Waals surface area contributed by atoms with Crippen LogP contribution in [-0.4, -0.2) is 19.5 Å². The largest absolute Gasteiger partial charge is 0.309 e. The molecule has 68 heavy (non-hydrogen) atoms. The number of nitrogens with zero attached hydrogens (tertiary/aromatic N) is 5. The standard InChI is InChI=1S/C62H40N5S/c1-6-19-41(20-7-1)48-30-18-31-49(42-21-8-2-9-22-42)57(48)45-37-38-66(55(39-45)62-64-60(43-23-10-3-11-24-43)63-61(65-62)44-25-12-4-13-26-44)47-33-34-50-51-35-36-54-58(59(51)68-56(50)40-47)52-29-16-17-32-53(52)67(54)46-27-14-5-15-28-46/h1-40H/q+1. The van der Waals surface area contributed by atoms with Crippen LogP contribution in [0.1, 0.15) is 0 Å². The highest BCUT2D eigenvalue weighted by Gasteiger charge is 2.26. The van der Waals surface area contributed by atoms with Crippen LogP contribution in [0.5, 0.6) is 0 Å². The molecule has 0 aliphatic carbocycles. The molecule has 0 atom stereocenters. The average molecular weight is 887 g/mol. The molecule has 13 rings (SSSR count). The van der Waals surface area contributed by atoms with Gasteiger partial charge in [0.05, 0.1) is 11.0 Å². The van der Waals surface area contributed by atoms with Gasteiger partial charge in [-0.15, -0.1) is 11.3 Å². The highest BCUT2D eigenvalue weighted by molar-refractivity contribution is 7.26. The van der Waals surface area contributed by atoms with Gasteiger partial charge in [-0.25, -0.2) is 15.0 Å². The number of pyridine rings is 1. The summed E-state index contributed by atoms with van der Waals surface area (Å²) >= 11 is 1.86. The zero-order valence-corrected chi connectivity index (χ0v) is 37.6. The van der Waals surface area contributed by atoms with Gasteiger partial charge in [0.1, 0.15) is 0 Å². The van der Waals surface area contributed by atoms with E-state index < -0.39 is 0 Å². The Balaban J connectivity index is 1.07. The Labute approximate surface area is 397 Å². The third-order valence-corrected chi connectivity index (χ3v) is 14.1. The molecular formula is C62H40N5S+. The summed E-state index contributed by atoms with van der Waals surface area (Å²) < 4.78 is 7.13. The average Bonchev–Trinajstić information content (AvgIpc) is 3.97. The van der Waals surface area contributed by atoms with Crippen LogP contribution in [0, 0.1) is 0 Å². The Bertz CT molecular complexity index is 3880. The summed E-state index contributed by atoms with van der Waals surface area (Å²) in [5.41, 5.74) is 14.0. The van der Waals surface area contributed by atoms with Crippen LogP contribution in [0.2, 0.25) is 0 Å². The molecule has 0 saturated heterocycles. The van der Waals surface area contributed by atoms with Crippen LogP contribution in [0.25, 0.3) is 121 Å². The smallest absolute Gasteiger partial charge is 0.256 e. The van der Waals surface area contributed by atoms with Gasteiger partial charge in [-0.2, -0.15) is 4.57 Å². The molecule has 0 amide bonds. The normalized spacial score (nSPS) is 11.5. The zero-order valence-electron chi connectivity index (χ0n) is 36.7.